The molecule has 0 spiro atoms. The Bertz CT molecular complexity index is 1210. The van der Waals surface area contributed by atoms with Gasteiger partial charge in [-0.05, 0) is 73.2 Å². The Hall–Kier alpha value is -2.99. The monoisotopic (exact) mass is 428 g/mol. The van der Waals surface area contributed by atoms with E-state index in [2.05, 4.69) is 89.2 Å². The lowest BCUT2D eigenvalue weighted by Gasteiger charge is -2.37. The first-order valence-electron chi connectivity index (χ1n) is 11.7. The molecule has 1 fully saturated rings. The van der Waals surface area contributed by atoms with Crippen molar-refractivity contribution >= 4 is 10.9 Å². The zero-order valence-corrected chi connectivity index (χ0v) is 19.3. The fourth-order valence-electron chi connectivity index (χ4n) is 5.55. The predicted octanol–water partition coefficient (Wildman–Crippen LogP) is 5.06. The highest BCUT2D eigenvalue weighted by atomic mass is 15.6. The molecule has 0 amide bonds. The van der Waals surface area contributed by atoms with E-state index in [0.717, 1.165) is 37.3 Å². The number of aromatic nitrogens is 5. The number of rotatable bonds is 6. The average molecular weight is 429 g/mol. The molecule has 2 aromatic heterocycles. The average Bonchev–Trinajstić information content (AvgIpc) is 3.42. The first-order chi connectivity index (χ1) is 15.6. The molecule has 4 aromatic rings. The lowest BCUT2D eigenvalue weighted by molar-refractivity contribution is 0.217. The molecular weight excluding hydrogens is 396 g/mol. The smallest absolute Gasteiger partial charge is 0.176 e. The third kappa shape index (κ3) is 3.73. The van der Waals surface area contributed by atoms with Gasteiger partial charge in [-0.2, -0.15) is 4.68 Å². The Morgan fingerprint density at radius 3 is 2.56 bits per heavy atom. The van der Waals surface area contributed by atoms with Gasteiger partial charge in [0.05, 0.1) is 11.2 Å². The van der Waals surface area contributed by atoms with Gasteiger partial charge in [0, 0.05) is 23.6 Å². The van der Waals surface area contributed by atoms with Crippen LogP contribution in [0.25, 0.3) is 16.6 Å². The fraction of sp³-hybridized carbons (Fsp3) is 0.423. The zero-order valence-electron chi connectivity index (χ0n) is 19.3. The number of H-pyrrole nitrogens is 1. The van der Waals surface area contributed by atoms with Crippen LogP contribution >= 0.6 is 0 Å². The maximum atomic E-state index is 4.59. The van der Waals surface area contributed by atoms with Gasteiger partial charge in [-0.1, -0.05) is 55.2 Å². The van der Waals surface area contributed by atoms with Crippen molar-refractivity contribution < 1.29 is 0 Å². The Morgan fingerprint density at radius 1 is 1.03 bits per heavy atom. The van der Waals surface area contributed by atoms with Crippen molar-refractivity contribution in [2.45, 2.75) is 64.8 Å². The molecule has 0 bridgehead atoms. The Kier molecular flexibility index (Phi) is 5.55. The summed E-state index contributed by atoms with van der Waals surface area (Å²) in [6.45, 7) is 7.33. The standard InChI is InChI=1S/C26H32N6/c1-18-15-19(2)24(20(3)16-18)32-25(29-30-31-32)26(12-7-4-8-13-26)28-14-11-21-17-27-23-10-6-5-9-22(21)23/h5-6,9-10,15-17,27-28H,4,7-8,11-14H2,1-3H3. The summed E-state index contributed by atoms with van der Waals surface area (Å²) in [5, 5.41) is 18.4. The van der Waals surface area contributed by atoms with E-state index in [1.165, 1.54) is 52.4 Å². The molecule has 1 aliphatic carbocycles. The molecule has 2 aromatic carbocycles. The Balaban J connectivity index is 1.45. The van der Waals surface area contributed by atoms with Crippen LogP contribution in [0.2, 0.25) is 0 Å². The fourth-order valence-corrected chi connectivity index (χ4v) is 5.55. The maximum Gasteiger partial charge on any atom is 0.176 e. The van der Waals surface area contributed by atoms with E-state index in [1.807, 2.05) is 4.68 Å². The van der Waals surface area contributed by atoms with Crippen molar-refractivity contribution in [1.29, 1.82) is 0 Å². The predicted molar refractivity (Wildman–Crippen MR) is 128 cm³/mol. The summed E-state index contributed by atoms with van der Waals surface area (Å²) < 4.78 is 1.99. The van der Waals surface area contributed by atoms with E-state index < -0.39 is 0 Å². The number of aryl methyl sites for hydroxylation is 3. The first kappa shape index (κ1) is 20.9. The van der Waals surface area contributed by atoms with Crippen molar-refractivity contribution in [2.75, 3.05) is 6.54 Å². The van der Waals surface area contributed by atoms with Crippen LogP contribution in [0.4, 0.5) is 0 Å². The van der Waals surface area contributed by atoms with Gasteiger partial charge >= 0.3 is 0 Å². The minimum atomic E-state index is -0.197. The third-order valence-electron chi connectivity index (χ3n) is 6.98. The number of tetrazole rings is 1. The highest BCUT2D eigenvalue weighted by Gasteiger charge is 2.39. The highest BCUT2D eigenvalue weighted by Crippen LogP contribution is 2.37. The minimum absolute atomic E-state index is 0.197. The summed E-state index contributed by atoms with van der Waals surface area (Å²) in [7, 11) is 0. The molecule has 0 atom stereocenters. The molecule has 0 saturated heterocycles. The molecule has 0 aliphatic heterocycles. The molecular formula is C26H32N6. The highest BCUT2D eigenvalue weighted by molar-refractivity contribution is 5.83. The van der Waals surface area contributed by atoms with E-state index in [0.29, 0.717) is 0 Å². The quantitative estimate of drug-likeness (QED) is 0.450. The summed E-state index contributed by atoms with van der Waals surface area (Å²) in [6.07, 6.45) is 8.89. The molecule has 5 rings (SSSR count). The van der Waals surface area contributed by atoms with Gasteiger partial charge in [-0.15, -0.1) is 5.10 Å². The molecule has 0 unspecified atom stereocenters. The molecule has 2 N–H and O–H groups in total. The van der Waals surface area contributed by atoms with Crippen molar-refractivity contribution in [3.8, 4) is 5.69 Å². The van der Waals surface area contributed by atoms with Crippen molar-refractivity contribution in [3.63, 3.8) is 0 Å². The molecule has 6 heteroatoms. The van der Waals surface area contributed by atoms with Gasteiger partial charge in [-0.25, -0.2) is 0 Å². The summed E-state index contributed by atoms with van der Waals surface area (Å²) in [4.78, 5) is 3.40. The lowest BCUT2D eigenvalue weighted by atomic mass is 9.80. The van der Waals surface area contributed by atoms with Gasteiger partial charge in [0.1, 0.15) is 0 Å². The van der Waals surface area contributed by atoms with Crippen LogP contribution < -0.4 is 5.32 Å². The number of para-hydroxylation sites is 1. The van der Waals surface area contributed by atoms with Crippen molar-refractivity contribution in [3.05, 3.63) is 70.7 Å². The first-order valence-corrected chi connectivity index (χ1v) is 11.7. The van der Waals surface area contributed by atoms with E-state index in [4.69, 9.17) is 0 Å². The topological polar surface area (TPSA) is 71.4 Å². The number of benzene rings is 2. The normalized spacial score (nSPS) is 16.0. The summed E-state index contributed by atoms with van der Waals surface area (Å²) in [6, 6.07) is 12.9. The summed E-state index contributed by atoms with van der Waals surface area (Å²) in [5.74, 6) is 0.950. The Morgan fingerprint density at radius 2 is 1.78 bits per heavy atom. The van der Waals surface area contributed by atoms with Gasteiger partial charge in [-0.3, -0.25) is 0 Å². The number of nitrogens with one attached hydrogen (secondary N) is 2. The van der Waals surface area contributed by atoms with E-state index in [9.17, 15) is 0 Å². The van der Waals surface area contributed by atoms with Gasteiger partial charge < -0.3 is 10.3 Å². The second-order valence-corrected chi connectivity index (χ2v) is 9.34. The molecule has 1 aliphatic rings. The summed E-state index contributed by atoms with van der Waals surface area (Å²) >= 11 is 0. The second-order valence-electron chi connectivity index (χ2n) is 9.34. The largest absolute Gasteiger partial charge is 0.361 e. The zero-order chi connectivity index (χ0) is 22.1. The molecule has 1 saturated carbocycles. The van der Waals surface area contributed by atoms with Gasteiger partial charge in [0.2, 0.25) is 0 Å². The van der Waals surface area contributed by atoms with Crippen LogP contribution in [0.5, 0.6) is 0 Å². The molecule has 32 heavy (non-hydrogen) atoms. The summed E-state index contributed by atoms with van der Waals surface area (Å²) in [5.41, 5.74) is 7.15. The molecule has 0 radical (unpaired) electrons. The van der Waals surface area contributed by atoms with Crippen molar-refractivity contribution in [1.82, 2.24) is 30.5 Å². The maximum absolute atomic E-state index is 4.59. The number of fused-ring (bicyclic) bond motifs is 1. The number of hydrogen-bond donors (Lipinski definition) is 2. The number of nitrogens with zero attached hydrogens (tertiary/aromatic N) is 4. The SMILES string of the molecule is Cc1cc(C)c(-n2nnnc2C2(NCCc3c[nH]c4ccccc34)CCCCC2)c(C)c1. The van der Waals surface area contributed by atoms with Crippen LogP contribution in [0, 0.1) is 20.8 Å². The van der Waals surface area contributed by atoms with Gasteiger partial charge in [0.25, 0.3) is 0 Å². The Labute approximate surface area is 189 Å². The number of hydrogen-bond acceptors (Lipinski definition) is 4. The van der Waals surface area contributed by atoms with Crippen LogP contribution in [0.1, 0.15) is 60.2 Å². The van der Waals surface area contributed by atoms with Crippen molar-refractivity contribution in [2.24, 2.45) is 0 Å². The van der Waals surface area contributed by atoms with E-state index in [1.54, 1.807) is 0 Å². The molecule has 166 valence electrons. The second kappa shape index (κ2) is 8.51. The van der Waals surface area contributed by atoms with Crippen LogP contribution in [0.15, 0.2) is 42.6 Å². The molecule has 2 heterocycles. The van der Waals surface area contributed by atoms with Crippen LogP contribution in [0.3, 0.4) is 0 Å². The minimum Gasteiger partial charge on any atom is -0.361 e. The van der Waals surface area contributed by atoms with Crippen LogP contribution in [-0.2, 0) is 12.0 Å². The third-order valence-corrected chi connectivity index (χ3v) is 6.98. The van der Waals surface area contributed by atoms with Crippen LogP contribution in [-0.4, -0.2) is 31.7 Å². The number of aromatic amines is 1. The van der Waals surface area contributed by atoms with Gasteiger partial charge in [0.15, 0.2) is 5.82 Å². The van der Waals surface area contributed by atoms with E-state index >= 15 is 0 Å². The molecule has 6 nitrogen and oxygen atoms in total. The van der Waals surface area contributed by atoms with E-state index in [-0.39, 0.29) is 5.54 Å². The lowest BCUT2D eigenvalue weighted by Crippen LogP contribution is -2.47.